The number of nitrogen functional groups attached to an aromatic ring is 1. The van der Waals surface area contributed by atoms with Crippen molar-refractivity contribution in [3.63, 3.8) is 0 Å². The Labute approximate surface area is 133 Å². The van der Waals surface area contributed by atoms with Crippen LogP contribution < -0.4 is 16.6 Å². The van der Waals surface area contributed by atoms with Crippen LogP contribution in [0.3, 0.4) is 0 Å². The van der Waals surface area contributed by atoms with Gasteiger partial charge in [0, 0.05) is 17.2 Å². The molecule has 0 bridgehead atoms. The molecule has 0 fully saturated rings. The third kappa shape index (κ3) is 2.28. The van der Waals surface area contributed by atoms with Crippen LogP contribution in [-0.2, 0) is 0 Å². The summed E-state index contributed by atoms with van der Waals surface area (Å²) in [5, 5.41) is 8.32. The average molecular weight is 336 g/mol. The number of nitrogens with two attached hydrogens (primary N) is 1. The van der Waals surface area contributed by atoms with E-state index in [1.165, 1.54) is 12.1 Å². The summed E-state index contributed by atoms with van der Waals surface area (Å²) in [6.07, 6.45) is 0. The summed E-state index contributed by atoms with van der Waals surface area (Å²) in [7, 11) is 0. The van der Waals surface area contributed by atoms with E-state index in [9.17, 15) is 18.0 Å². The van der Waals surface area contributed by atoms with Crippen molar-refractivity contribution in [1.29, 1.82) is 0 Å². The Bertz CT molecular complexity index is 1030. The highest BCUT2D eigenvalue weighted by Crippen LogP contribution is 2.31. The number of halogens is 3. The predicted molar refractivity (Wildman–Crippen MR) is 82.4 cm³/mol. The van der Waals surface area contributed by atoms with Gasteiger partial charge < -0.3 is 10.2 Å². The molecule has 3 aromatic rings. The van der Waals surface area contributed by atoms with Crippen LogP contribution in [0.25, 0.3) is 22.3 Å². The van der Waals surface area contributed by atoms with Gasteiger partial charge in [0.05, 0.1) is 16.8 Å². The van der Waals surface area contributed by atoms with Crippen LogP contribution in [0, 0.1) is 24.4 Å². The van der Waals surface area contributed by atoms with Crippen LogP contribution in [0.15, 0.2) is 33.5 Å². The molecule has 4 N–H and O–H groups in total. The maximum atomic E-state index is 14.3. The summed E-state index contributed by atoms with van der Waals surface area (Å²) in [6, 6.07) is 4.51. The van der Waals surface area contributed by atoms with E-state index in [1.807, 2.05) is 0 Å². The molecule has 0 spiro atoms. The van der Waals surface area contributed by atoms with Crippen molar-refractivity contribution in [2.24, 2.45) is 0 Å². The smallest absolute Gasteiger partial charge is 0.195 e. The van der Waals surface area contributed by atoms with Crippen molar-refractivity contribution >= 4 is 22.3 Å². The van der Waals surface area contributed by atoms with Crippen molar-refractivity contribution in [3.05, 3.63) is 57.5 Å². The lowest BCUT2D eigenvalue weighted by atomic mass is 10.1. The molecule has 0 aliphatic heterocycles. The van der Waals surface area contributed by atoms with Gasteiger partial charge in [-0.3, -0.25) is 15.5 Å². The van der Waals surface area contributed by atoms with E-state index in [0.717, 1.165) is 19.1 Å². The first-order valence-corrected chi connectivity index (χ1v) is 6.76. The van der Waals surface area contributed by atoms with Gasteiger partial charge in [-0.15, -0.1) is 0 Å². The number of anilines is 2. The SMILES string of the molecule is Cc1c(F)c(N)c2c(=O)cc(-c3ccc(NO)c(F)c3)oc2c1F. The van der Waals surface area contributed by atoms with E-state index in [4.69, 9.17) is 15.4 Å². The lowest BCUT2D eigenvalue weighted by Crippen LogP contribution is -2.09. The Morgan fingerprint density at radius 2 is 1.88 bits per heavy atom. The van der Waals surface area contributed by atoms with Crippen molar-refractivity contribution in [2.75, 3.05) is 11.2 Å². The summed E-state index contributed by atoms with van der Waals surface area (Å²) in [5.74, 6) is -3.01. The third-order valence-corrected chi connectivity index (χ3v) is 3.69. The molecule has 5 nitrogen and oxygen atoms in total. The quantitative estimate of drug-likeness (QED) is 0.492. The lowest BCUT2D eigenvalue weighted by molar-refractivity contribution is 0.384. The average Bonchev–Trinajstić information content (AvgIpc) is 2.57. The summed E-state index contributed by atoms with van der Waals surface area (Å²) in [4.78, 5) is 12.2. The number of hydrogen-bond donors (Lipinski definition) is 3. The van der Waals surface area contributed by atoms with E-state index in [2.05, 4.69) is 0 Å². The largest absolute Gasteiger partial charge is 0.453 e. The molecule has 0 atom stereocenters. The second kappa shape index (κ2) is 5.57. The van der Waals surface area contributed by atoms with Gasteiger partial charge in [0.25, 0.3) is 0 Å². The monoisotopic (exact) mass is 336 g/mol. The van der Waals surface area contributed by atoms with Gasteiger partial charge in [0.1, 0.15) is 11.6 Å². The molecule has 0 aliphatic rings. The number of fused-ring (bicyclic) bond motifs is 1. The van der Waals surface area contributed by atoms with Gasteiger partial charge in [-0.05, 0) is 25.1 Å². The Morgan fingerprint density at radius 1 is 1.17 bits per heavy atom. The third-order valence-electron chi connectivity index (χ3n) is 3.69. The fourth-order valence-corrected chi connectivity index (χ4v) is 2.38. The summed E-state index contributed by atoms with van der Waals surface area (Å²) in [6.45, 7) is 1.16. The fraction of sp³-hybridized carbons (Fsp3) is 0.0625. The summed E-state index contributed by atoms with van der Waals surface area (Å²) >= 11 is 0. The van der Waals surface area contributed by atoms with E-state index in [-0.39, 0.29) is 22.6 Å². The van der Waals surface area contributed by atoms with Crippen molar-refractivity contribution in [3.8, 4) is 11.3 Å². The van der Waals surface area contributed by atoms with Crippen LogP contribution in [0.1, 0.15) is 5.56 Å². The minimum Gasteiger partial charge on any atom is -0.453 e. The number of hydrogen-bond acceptors (Lipinski definition) is 5. The van der Waals surface area contributed by atoms with Crippen molar-refractivity contribution in [1.82, 2.24) is 0 Å². The van der Waals surface area contributed by atoms with Crippen molar-refractivity contribution in [2.45, 2.75) is 6.92 Å². The Hall–Kier alpha value is -3.00. The maximum absolute atomic E-state index is 14.3. The van der Waals surface area contributed by atoms with Crippen LogP contribution in [0.4, 0.5) is 24.5 Å². The van der Waals surface area contributed by atoms with Crippen LogP contribution in [0.5, 0.6) is 0 Å². The molecule has 0 saturated heterocycles. The molecule has 0 amide bonds. The molecule has 0 unspecified atom stereocenters. The minimum atomic E-state index is -1.05. The van der Waals surface area contributed by atoms with Gasteiger partial charge in [-0.1, -0.05) is 0 Å². The zero-order valence-electron chi connectivity index (χ0n) is 12.3. The van der Waals surface area contributed by atoms with E-state index >= 15 is 0 Å². The summed E-state index contributed by atoms with van der Waals surface area (Å²) in [5.41, 5.74) is 5.00. The molecule has 1 heterocycles. The zero-order chi connectivity index (χ0) is 17.6. The number of nitrogens with one attached hydrogen (secondary N) is 1. The fourth-order valence-electron chi connectivity index (χ4n) is 2.38. The first-order chi connectivity index (χ1) is 11.3. The molecule has 3 rings (SSSR count). The molecular formula is C16H11F3N2O3. The van der Waals surface area contributed by atoms with Crippen LogP contribution in [0.2, 0.25) is 0 Å². The van der Waals surface area contributed by atoms with E-state index in [1.54, 1.807) is 5.48 Å². The molecule has 0 aliphatic carbocycles. The number of rotatable bonds is 2. The molecule has 2 aromatic carbocycles. The molecule has 0 radical (unpaired) electrons. The van der Waals surface area contributed by atoms with Gasteiger partial charge in [0.2, 0.25) is 0 Å². The van der Waals surface area contributed by atoms with Crippen LogP contribution in [-0.4, -0.2) is 5.21 Å². The molecular weight excluding hydrogens is 325 g/mol. The first kappa shape index (κ1) is 15.9. The number of benzene rings is 2. The van der Waals surface area contributed by atoms with Gasteiger partial charge in [-0.25, -0.2) is 13.2 Å². The minimum absolute atomic E-state index is 0.125. The van der Waals surface area contributed by atoms with E-state index in [0.29, 0.717) is 0 Å². The topological polar surface area (TPSA) is 88.5 Å². The van der Waals surface area contributed by atoms with Gasteiger partial charge >= 0.3 is 0 Å². The maximum Gasteiger partial charge on any atom is 0.195 e. The highest BCUT2D eigenvalue weighted by molar-refractivity contribution is 5.91. The standard InChI is InChI=1S/C16H11F3N2O3/c1-6-13(18)15(20)12-10(22)5-11(24-16(12)14(6)19)7-2-3-9(21-23)8(17)4-7/h2-5,21,23H,20H2,1H3. The highest BCUT2D eigenvalue weighted by Gasteiger charge is 2.21. The van der Waals surface area contributed by atoms with Gasteiger partial charge in [-0.2, -0.15) is 0 Å². The molecule has 24 heavy (non-hydrogen) atoms. The van der Waals surface area contributed by atoms with Crippen LogP contribution >= 0.6 is 0 Å². The zero-order valence-corrected chi connectivity index (χ0v) is 12.3. The first-order valence-electron chi connectivity index (χ1n) is 6.76. The Morgan fingerprint density at radius 3 is 2.50 bits per heavy atom. The molecule has 0 saturated carbocycles. The Kier molecular flexibility index (Phi) is 3.69. The highest BCUT2D eigenvalue weighted by atomic mass is 19.1. The molecule has 124 valence electrons. The second-order valence-electron chi connectivity index (χ2n) is 5.15. The molecule has 8 heteroatoms. The van der Waals surface area contributed by atoms with E-state index < -0.39 is 39.5 Å². The predicted octanol–water partition coefficient (Wildman–Crippen LogP) is 3.57. The Balaban J connectivity index is 2.33. The molecule has 1 aromatic heterocycles. The lowest BCUT2D eigenvalue weighted by Gasteiger charge is -2.10. The second-order valence-corrected chi connectivity index (χ2v) is 5.15. The van der Waals surface area contributed by atoms with Crippen molar-refractivity contribution < 1.29 is 22.8 Å². The van der Waals surface area contributed by atoms with Gasteiger partial charge in [0.15, 0.2) is 22.6 Å². The summed E-state index contributed by atoms with van der Waals surface area (Å²) < 4.78 is 47.2. The normalized spacial score (nSPS) is 11.0.